The molecule has 118 valence electrons. The molecule has 0 spiro atoms. The summed E-state index contributed by atoms with van der Waals surface area (Å²) in [6.45, 7) is 17.2. The standard InChI is InChI=1S/C21H28O/c1-13-10-9-11-18(16(13)4)19-17(5)14(2)12-15(3)20(19)22-21(6,7)8/h9-12H,1-8H3. The first kappa shape index (κ1) is 16.6. The average Bonchev–Trinajstić information content (AvgIpc) is 2.39. The van der Waals surface area contributed by atoms with E-state index < -0.39 is 0 Å². The predicted molar refractivity (Wildman–Crippen MR) is 95.9 cm³/mol. The molecule has 22 heavy (non-hydrogen) atoms. The molecule has 0 saturated heterocycles. The zero-order valence-electron chi connectivity index (χ0n) is 15.2. The molecule has 0 aliphatic carbocycles. The summed E-state index contributed by atoms with van der Waals surface area (Å²) < 4.78 is 6.35. The van der Waals surface area contributed by atoms with Crippen LogP contribution in [0.2, 0.25) is 0 Å². The SMILES string of the molecule is Cc1cccc(-c2c(C)c(C)cc(C)c2OC(C)(C)C)c1C. The van der Waals surface area contributed by atoms with Gasteiger partial charge in [0, 0.05) is 5.56 Å². The molecule has 0 aromatic heterocycles. The molecule has 0 amide bonds. The van der Waals surface area contributed by atoms with Crippen LogP contribution in [0.25, 0.3) is 11.1 Å². The van der Waals surface area contributed by atoms with Crippen molar-refractivity contribution in [1.82, 2.24) is 0 Å². The summed E-state index contributed by atoms with van der Waals surface area (Å²) in [5.41, 5.74) is 8.78. The van der Waals surface area contributed by atoms with Gasteiger partial charge >= 0.3 is 0 Å². The van der Waals surface area contributed by atoms with Crippen LogP contribution in [0, 0.1) is 34.6 Å². The Balaban J connectivity index is 2.80. The van der Waals surface area contributed by atoms with Gasteiger partial charge < -0.3 is 4.74 Å². The number of hydrogen-bond acceptors (Lipinski definition) is 1. The van der Waals surface area contributed by atoms with Crippen molar-refractivity contribution in [1.29, 1.82) is 0 Å². The quantitative estimate of drug-likeness (QED) is 0.653. The Labute approximate surface area is 135 Å². The molecule has 0 radical (unpaired) electrons. The van der Waals surface area contributed by atoms with Crippen molar-refractivity contribution < 1.29 is 4.74 Å². The van der Waals surface area contributed by atoms with Crippen LogP contribution in [-0.4, -0.2) is 5.60 Å². The van der Waals surface area contributed by atoms with E-state index in [0.717, 1.165) is 5.75 Å². The van der Waals surface area contributed by atoms with Crippen LogP contribution in [0.3, 0.4) is 0 Å². The summed E-state index contributed by atoms with van der Waals surface area (Å²) >= 11 is 0. The van der Waals surface area contributed by atoms with Gasteiger partial charge in [-0.05, 0) is 88.8 Å². The van der Waals surface area contributed by atoms with Gasteiger partial charge in [-0.1, -0.05) is 24.3 Å². The maximum Gasteiger partial charge on any atom is 0.131 e. The molecule has 0 aliphatic heterocycles. The lowest BCUT2D eigenvalue weighted by molar-refractivity contribution is 0.130. The summed E-state index contributed by atoms with van der Waals surface area (Å²) in [4.78, 5) is 0. The van der Waals surface area contributed by atoms with Crippen molar-refractivity contribution in [3.8, 4) is 16.9 Å². The number of hydrogen-bond donors (Lipinski definition) is 0. The molecule has 0 bridgehead atoms. The molecule has 2 aromatic rings. The highest BCUT2D eigenvalue weighted by atomic mass is 16.5. The molecule has 2 rings (SSSR count). The number of ether oxygens (including phenoxy) is 1. The zero-order valence-corrected chi connectivity index (χ0v) is 15.2. The minimum atomic E-state index is -0.209. The molecule has 0 aliphatic rings. The number of aryl methyl sites for hydroxylation is 3. The van der Waals surface area contributed by atoms with Gasteiger partial charge in [-0.25, -0.2) is 0 Å². The second kappa shape index (κ2) is 5.79. The van der Waals surface area contributed by atoms with E-state index in [-0.39, 0.29) is 5.60 Å². The second-order valence-electron chi connectivity index (χ2n) is 7.30. The predicted octanol–water partition coefficient (Wildman–Crippen LogP) is 6.07. The van der Waals surface area contributed by atoms with E-state index >= 15 is 0 Å². The van der Waals surface area contributed by atoms with E-state index in [0.29, 0.717) is 0 Å². The monoisotopic (exact) mass is 296 g/mol. The van der Waals surface area contributed by atoms with Gasteiger partial charge in [0.15, 0.2) is 0 Å². The highest BCUT2D eigenvalue weighted by Crippen LogP contribution is 2.41. The third kappa shape index (κ3) is 3.19. The Hall–Kier alpha value is -1.76. The highest BCUT2D eigenvalue weighted by Gasteiger charge is 2.21. The van der Waals surface area contributed by atoms with Crippen molar-refractivity contribution in [2.24, 2.45) is 0 Å². The summed E-state index contributed by atoms with van der Waals surface area (Å²) in [5, 5.41) is 0. The van der Waals surface area contributed by atoms with Crippen molar-refractivity contribution in [2.45, 2.75) is 61.0 Å². The fourth-order valence-corrected chi connectivity index (χ4v) is 2.85. The molecule has 1 nitrogen and oxygen atoms in total. The maximum absolute atomic E-state index is 6.35. The molecule has 0 saturated carbocycles. The summed E-state index contributed by atoms with van der Waals surface area (Å²) in [6, 6.07) is 8.74. The van der Waals surface area contributed by atoms with Crippen LogP contribution in [0.15, 0.2) is 24.3 Å². The Kier molecular flexibility index (Phi) is 4.37. The van der Waals surface area contributed by atoms with Crippen molar-refractivity contribution in [3.63, 3.8) is 0 Å². The van der Waals surface area contributed by atoms with Gasteiger partial charge in [-0.15, -0.1) is 0 Å². The van der Waals surface area contributed by atoms with Crippen LogP contribution in [0.5, 0.6) is 5.75 Å². The van der Waals surface area contributed by atoms with Crippen LogP contribution in [-0.2, 0) is 0 Å². The lowest BCUT2D eigenvalue weighted by Crippen LogP contribution is -2.24. The lowest BCUT2D eigenvalue weighted by atomic mass is 9.89. The molecule has 1 heteroatoms. The summed E-state index contributed by atoms with van der Waals surface area (Å²) in [7, 11) is 0. The van der Waals surface area contributed by atoms with E-state index in [1.54, 1.807) is 0 Å². The zero-order chi connectivity index (χ0) is 16.7. The van der Waals surface area contributed by atoms with E-state index in [9.17, 15) is 0 Å². The highest BCUT2D eigenvalue weighted by molar-refractivity contribution is 5.79. The van der Waals surface area contributed by atoms with Crippen molar-refractivity contribution in [3.05, 3.63) is 52.1 Å². The van der Waals surface area contributed by atoms with E-state index in [1.165, 1.54) is 38.9 Å². The molecule has 0 fully saturated rings. The molecule has 0 N–H and O–H groups in total. The van der Waals surface area contributed by atoms with E-state index in [2.05, 4.69) is 79.7 Å². The molecular weight excluding hydrogens is 268 g/mol. The van der Waals surface area contributed by atoms with Gasteiger partial charge in [0.1, 0.15) is 11.4 Å². The number of benzene rings is 2. The fourth-order valence-electron chi connectivity index (χ4n) is 2.85. The van der Waals surface area contributed by atoms with Crippen LogP contribution < -0.4 is 4.74 Å². The summed E-state index contributed by atoms with van der Waals surface area (Å²) in [6.07, 6.45) is 0. The lowest BCUT2D eigenvalue weighted by Gasteiger charge is -2.27. The minimum Gasteiger partial charge on any atom is -0.487 e. The molecule has 0 atom stereocenters. The van der Waals surface area contributed by atoms with E-state index in [1.807, 2.05) is 0 Å². The first-order valence-electron chi connectivity index (χ1n) is 7.98. The third-order valence-electron chi connectivity index (χ3n) is 4.27. The average molecular weight is 296 g/mol. The first-order chi connectivity index (χ1) is 10.1. The molecular formula is C21H28O. The normalized spacial score (nSPS) is 11.6. The van der Waals surface area contributed by atoms with Crippen LogP contribution in [0.1, 0.15) is 48.6 Å². The van der Waals surface area contributed by atoms with Gasteiger partial charge in [-0.3, -0.25) is 0 Å². The van der Waals surface area contributed by atoms with E-state index in [4.69, 9.17) is 4.74 Å². The topological polar surface area (TPSA) is 9.23 Å². The Bertz CT molecular complexity index is 703. The van der Waals surface area contributed by atoms with Crippen molar-refractivity contribution >= 4 is 0 Å². The first-order valence-corrected chi connectivity index (χ1v) is 7.98. The summed E-state index contributed by atoms with van der Waals surface area (Å²) in [5.74, 6) is 1.02. The van der Waals surface area contributed by atoms with Gasteiger partial charge in [0.05, 0.1) is 0 Å². The van der Waals surface area contributed by atoms with Gasteiger partial charge in [0.25, 0.3) is 0 Å². The van der Waals surface area contributed by atoms with Gasteiger partial charge in [0.2, 0.25) is 0 Å². The Morgan fingerprint density at radius 2 is 1.41 bits per heavy atom. The Morgan fingerprint density at radius 3 is 2.00 bits per heavy atom. The molecule has 2 aromatic carbocycles. The van der Waals surface area contributed by atoms with Crippen LogP contribution in [0.4, 0.5) is 0 Å². The Morgan fingerprint density at radius 1 is 0.773 bits per heavy atom. The number of rotatable bonds is 2. The molecule has 0 heterocycles. The van der Waals surface area contributed by atoms with Crippen molar-refractivity contribution in [2.75, 3.05) is 0 Å². The fraction of sp³-hybridized carbons (Fsp3) is 0.429. The molecule has 0 unspecified atom stereocenters. The maximum atomic E-state index is 6.35. The third-order valence-corrected chi connectivity index (χ3v) is 4.27. The minimum absolute atomic E-state index is 0.209. The van der Waals surface area contributed by atoms with Crippen LogP contribution >= 0.6 is 0 Å². The second-order valence-corrected chi connectivity index (χ2v) is 7.30. The largest absolute Gasteiger partial charge is 0.487 e. The smallest absolute Gasteiger partial charge is 0.131 e. The van der Waals surface area contributed by atoms with Gasteiger partial charge in [-0.2, -0.15) is 0 Å².